The average molecular weight is 316 g/mol. The molecule has 0 aliphatic rings. The van der Waals surface area contributed by atoms with Gasteiger partial charge in [-0.1, -0.05) is 65.4 Å². The molecule has 3 aromatic rings. The SMILES string of the molecule is O=Cc1sc(Oc2ccc(-c3ccccc3)cc2)nc1Cl. The Balaban J connectivity index is 1.79. The number of ether oxygens (including phenoxy) is 1. The molecule has 0 aliphatic carbocycles. The molecule has 0 spiro atoms. The maximum atomic E-state index is 10.7. The van der Waals surface area contributed by atoms with E-state index < -0.39 is 0 Å². The van der Waals surface area contributed by atoms with E-state index in [1.165, 1.54) is 0 Å². The van der Waals surface area contributed by atoms with E-state index in [0.717, 1.165) is 22.5 Å². The van der Waals surface area contributed by atoms with Gasteiger partial charge in [0.05, 0.1) is 0 Å². The summed E-state index contributed by atoms with van der Waals surface area (Å²) in [5.41, 5.74) is 2.25. The van der Waals surface area contributed by atoms with Crippen molar-refractivity contribution < 1.29 is 9.53 Å². The Bertz CT molecular complexity index is 754. The fourth-order valence-corrected chi connectivity index (χ4v) is 2.79. The quantitative estimate of drug-likeness (QED) is 0.631. The second-order valence-corrected chi connectivity index (χ2v) is 5.60. The van der Waals surface area contributed by atoms with E-state index in [9.17, 15) is 4.79 Å². The van der Waals surface area contributed by atoms with Gasteiger partial charge in [-0.05, 0) is 23.3 Å². The Morgan fingerprint density at radius 1 is 1.00 bits per heavy atom. The molecule has 0 saturated carbocycles. The zero-order valence-corrected chi connectivity index (χ0v) is 12.4. The molecular weight excluding hydrogens is 306 g/mol. The molecule has 104 valence electrons. The number of carbonyl (C=O) groups is 1. The van der Waals surface area contributed by atoms with Gasteiger partial charge in [0.15, 0.2) is 11.4 Å². The van der Waals surface area contributed by atoms with Crippen LogP contribution >= 0.6 is 22.9 Å². The smallest absolute Gasteiger partial charge is 0.280 e. The number of nitrogens with zero attached hydrogens (tertiary/aromatic N) is 1. The number of rotatable bonds is 4. The van der Waals surface area contributed by atoms with Crippen LogP contribution in [-0.4, -0.2) is 11.3 Å². The lowest BCUT2D eigenvalue weighted by Crippen LogP contribution is -1.83. The molecule has 3 rings (SSSR count). The lowest BCUT2D eigenvalue weighted by molar-refractivity contribution is 0.112. The van der Waals surface area contributed by atoms with E-state index >= 15 is 0 Å². The minimum Gasteiger partial charge on any atom is -0.431 e. The van der Waals surface area contributed by atoms with Gasteiger partial charge < -0.3 is 4.74 Å². The van der Waals surface area contributed by atoms with Crippen LogP contribution in [0.3, 0.4) is 0 Å². The van der Waals surface area contributed by atoms with Gasteiger partial charge in [0.2, 0.25) is 0 Å². The van der Waals surface area contributed by atoms with Crippen LogP contribution in [0.1, 0.15) is 9.67 Å². The van der Waals surface area contributed by atoms with E-state index in [-0.39, 0.29) is 5.15 Å². The monoisotopic (exact) mass is 315 g/mol. The number of thiazole rings is 1. The molecule has 0 saturated heterocycles. The Hall–Kier alpha value is -2.17. The van der Waals surface area contributed by atoms with Crippen LogP contribution in [0, 0.1) is 0 Å². The zero-order chi connectivity index (χ0) is 14.7. The first-order valence-electron chi connectivity index (χ1n) is 6.21. The van der Waals surface area contributed by atoms with Crippen molar-refractivity contribution in [3.63, 3.8) is 0 Å². The number of aromatic nitrogens is 1. The normalized spacial score (nSPS) is 10.3. The van der Waals surface area contributed by atoms with Crippen molar-refractivity contribution in [3.05, 3.63) is 64.6 Å². The Kier molecular flexibility index (Phi) is 3.99. The van der Waals surface area contributed by atoms with Crippen LogP contribution in [-0.2, 0) is 0 Å². The van der Waals surface area contributed by atoms with Crippen molar-refractivity contribution in [1.29, 1.82) is 0 Å². The summed E-state index contributed by atoms with van der Waals surface area (Å²) < 4.78 is 5.60. The van der Waals surface area contributed by atoms with Gasteiger partial charge in [0.25, 0.3) is 5.19 Å². The first kappa shape index (κ1) is 13.8. The predicted octanol–water partition coefficient (Wildman–Crippen LogP) is 5.07. The van der Waals surface area contributed by atoms with Crippen LogP contribution in [0.4, 0.5) is 0 Å². The van der Waals surface area contributed by atoms with E-state index in [2.05, 4.69) is 4.98 Å². The fourth-order valence-electron chi connectivity index (χ4n) is 1.86. The third kappa shape index (κ3) is 3.12. The second-order valence-electron chi connectivity index (χ2n) is 4.25. The van der Waals surface area contributed by atoms with Gasteiger partial charge in [0, 0.05) is 0 Å². The Morgan fingerprint density at radius 2 is 1.67 bits per heavy atom. The number of aldehydes is 1. The van der Waals surface area contributed by atoms with Gasteiger partial charge in [-0.3, -0.25) is 4.79 Å². The highest BCUT2D eigenvalue weighted by molar-refractivity contribution is 7.15. The summed E-state index contributed by atoms with van der Waals surface area (Å²) in [6, 6.07) is 17.7. The van der Waals surface area contributed by atoms with Crippen molar-refractivity contribution in [2.24, 2.45) is 0 Å². The summed E-state index contributed by atoms with van der Waals surface area (Å²) in [5.74, 6) is 0.651. The molecule has 0 fully saturated rings. The lowest BCUT2D eigenvalue weighted by Gasteiger charge is -2.04. The van der Waals surface area contributed by atoms with E-state index in [1.54, 1.807) is 0 Å². The number of carbonyl (C=O) groups excluding carboxylic acids is 1. The predicted molar refractivity (Wildman–Crippen MR) is 84.5 cm³/mol. The topological polar surface area (TPSA) is 39.2 Å². The zero-order valence-electron chi connectivity index (χ0n) is 10.8. The molecule has 5 heteroatoms. The van der Waals surface area contributed by atoms with Crippen LogP contribution in [0.25, 0.3) is 11.1 Å². The highest BCUT2D eigenvalue weighted by atomic mass is 35.5. The largest absolute Gasteiger partial charge is 0.431 e. The summed E-state index contributed by atoms with van der Waals surface area (Å²) in [6.45, 7) is 0. The third-order valence-corrected chi connectivity index (χ3v) is 4.12. The second kappa shape index (κ2) is 6.08. The molecule has 1 aromatic heterocycles. The molecule has 0 radical (unpaired) electrons. The summed E-state index contributed by atoms with van der Waals surface area (Å²) in [4.78, 5) is 15.1. The van der Waals surface area contributed by atoms with Gasteiger partial charge >= 0.3 is 0 Å². The summed E-state index contributed by atoms with van der Waals surface area (Å²) in [7, 11) is 0. The maximum Gasteiger partial charge on any atom is 0.280 e. The minimum absolute atomic E-state index is 0.172. The molecule has 3 nitrogen and oxygen atoms in total. The van der Waals surface area contributed by atoms with E-state index in [4.69, 9.17) is 16.3 Å². The lowest BCUT2D eigenvalue weighted by atomic mass is 10.1. The third-order valence-electron chi connectivity index (χ3n) is 2.86. The molecule has 0 amide bonds. The van der Waals surface area contributed by atoms with Crippen molar-refractivity contribution in [2.45, 2.75) is 0 Å². The van der Waals surface area contributed by atoms with Gasteiger partial charge in [-0.2, -0.15) is 4.98 Å². The minimum atomic E-state index is 0.172. The molecule has 0 aliphatic heterocycles. The Labute approximate surface area is 130 Å². The molecule has 0 bridgehead atoms. The average Bonchev–Trinajstić information content (AvgIpc) is 2.88. The van der Waals surface area contributed by atoms with Crippen LogP contribution in [0.5, 0.6) is 10.9 Å². The highest BCUT2D eigenvalue weighted by Crippen LogP contribution is 2.31. The molecule has 1 heterocycles. The van der Waals surface area contributed by atoms with Crippen LogP contribution in [0.15, 0.2) is 54.6 Å². The number of benzene rings is 2. The molecule has 0 unspecified atom stereocenters. The number of halogens is 1. The number of hydrogen-bond acceptors (Lipinski definition) is 4. The van der Waals surface area contributed by atoms with Gasteiger partial charge in [0.1, 0.15) is 10.6 Å². The molecule has 0 N–H and O–H groups in total. The van der Waals surface area contributed by atoms with Crippen molar-refractivity contribution in [3.8, 4) is 22.1 Å². The first-order valence-corrected chi connectivity index (χ1v) is 7.40. The van der Waals surface area contributed by atoms with Crippen molar-refractivity contribution >= 4 is 29.2 Å². The van der Waals surface area contributed by atoms with Crippen LogP contribution < -0.4 is 4.74 Å². The van der Waals surface area contributed by atoms with Crippen molar-refractivity contribution in [1.82, 2.24) is 4.98 Å². The molecule has 2 aromatic carbocycles. The molecular formula is C16H10ClNO2S. The van der Waals surface area contributed by atoms with Gasteiger partial charge in [-0.15, -0.1) is 0 Å². The van der Waals surface area contributed by atoms with Crippen molar-refractivity contribution in [2.75, 3.05) is 0 Å². The summed E-state index contributed by atoms with van der Waals surface area (Å²) in [6.07, 6.45) is 0.672. The first-order chi connectivity index (χ1) is 10.3. The standard InChI is InChI=1S/C16H10ClNO2S/c17-15-14(10-19)21-16(18-15)20-13-8-6-12(7-9-13)11-4-2-1-3-5-11/h1-10H. The summed E-state index contributed by atoms with van der Waals surface area (Å²) in [5, 5.41) is 0.528. The van der Waals surface area contributed by atoms with E-state index in [0.29, 0.717) is 22.1 Å². The Morgan fingerprint density at radius 3 is 2.29 bits per heavy atom. The molecule has 21 heavy (non-hydrogen) atoms. The number of hydrogen-bond donors (Lipinski definition) is 0. The fraction of sp³-hybridized carbons (Fsp3) is 0. The van der Waals surface area contributed by atoms with Crippen LogP contribution in [0.2, 0.25) is 5.15 Å². The highest BCUT2D eigenvalue weighted by Gasteiger charge is 2.10. The maximum absolute atomic E-state index is 10.7. The van der Waals surface area contributed by atoms with E-state index in [1.807, 2.05) is 54.6 Å². The van der Waals surface area contributed by atoms with Gasteiger partial charge in [-0.25, -0.2) is 0 Å². The molecule has 0 atom stereocenters. The summed E-state index contributed by atoms with van der Waals surface area (Å²) >= 11 is 6.93.